The van der Waals surface area contributed by atoms with Gasteiger partial charge >= 0.3 is 0 Å². The molecule has 0 saturated carbocycles. The van der Waals surface area contributed by atoms with Crippen molar-refractivity contribution in [2.45, 2.75) is 58.8 Å². The SMILES string of the molecule is CCCCCCC(=O)CCc1ccc(O)c(OCC)c1. The molecule has 3 nitrogen and oxygen atoms in total. The van der Waals surface area contributed by atoms with Gasteiger partial charge in [0.25, 0.3) is 0 Å². The van der Waals surface area contributed by atoms with Crippen molar-refractivity contribution in [3.63, 3.8) is 0 Å². The molecule has 0 aliphatic heterocycles. The molecule has 20 heavy (non-hydrogen) atoms. The maximum absolute atomic E-state index is 11.8. The van der Waals surface area contributed by atoms with Gasteiger partial charge in [0.1, 0.15) is 5.78 Å². The Morgan fingerprint density at radius 2 is 1.95 bits per heavy atom. The van der Waals surface area contributed by atoms with Crippen LogP contribution >= 0.6 is 0 Å². The molecule has 1 aromatic rings. The first-order valence-electron chi connectivity index (χ1n) is 7.63. The third kappa shape index (κ3) is 6.09. The average Bonchev–Trinajstić information content (AvgIpc) is 2.45. The number of carbonyl (C=O) groups excluding carboxylic acids is 1. The second-order valence-electron chi connectivity index (χ2n) is 5.08. The summed E-state index contributed by atoms with van der Waals surface area (Å²) in [4.78, 5) is 11.8. The van der Waals surface area contributed by atoms with Crippen LogP contribution in [0.2, 0.25) is 0 Å². The van der Waals surface area contributed by atoms with Crippen LogP contribution in [0.3, 0.4) is 0 Å². The first kappa shape index (κ1) is 16.5. The zero-order valence-electron chi connectivity index (χ0n) is 12.7. The lowest BCUT2D eigenvalue weighted by molar-refractivity contribution is -0.119. The largest absolute Gasteiger partial charge is 0.504 e. The molecular weight excluding hydrogens is 252 g/mol. The van der Waals surface area contributed by atoms with Crippen molar-refractivity contribution in [2.24, 2.45) is 0 Å². The normalized spacial score (nSPS) is 10.5. The van der Waals surface area contributed by atoms with Crippen molar-refractivity contribution < 1.29 is 14.6 Å². The van der Waals surface area contributed by atoms with Gasteiger partial charge in [-0.25, -0.2) is 0 Å². The van der Waals surface area contributed by atoms with Crippen molar-refractivity contribution in [3.05, 3.63) is 23.8 Å². The van der Waals surface area contributed by atoms with Gasteiger partial charge in [-0.15, -0.1) is 0 Å². The predicted octanol–water partition coefficient (Wildman–Crippen LogP) is 4.26. The van der Waals surface area contributed by atoms with E-state index in [1.165, 1.54) is 12.8 Å². The molecule has 0 amide bonds. The molecule has 0 atom stereocenters. The summed E-state index contributed by atoms with van der Waals surface area (Å²) in [6.45, 7) is 4.57. The van der Waals surface area contributed by atoms with Crippen LogP contribution in [-0.4, -0.2) is 17.5 Å². The molecule has 1 aromatic carbocycles. The number of unbranched alkanes of at least 4 members (excludes halogenated alkanes) is 3. The number of benzene rings is 1. The first-order chi connectivity index (χ1) is 9.67. The summed E-state index contributed by atoms with van der Waals surface area (Å²) in [5.74, 6) is 0.981. The van der Waals surface area contributed by atoms with Gasteiger partial charge in [0.15, 0.2) is 11.5 Å². The number of phenols is 1. The Morgan fingerprint density at radius 1 is 1.15 bits per heavy atom. The maximum Gasteiger partial charge on any atom is 0.161 e. The smallest absolute Gasteiger partial charge is 0.161 e. The third-order valence-corrected chi connectivity index (χ3v) is 3.33. The van der Waals surface area contributed by atoms with Crippen LogP contribution in [0.15, 0.2) is 18.2 Å². The van der Waals surface area contributed by atoms with Gasteiger partial charge in [-0.05, 0) is 37.5 Å². The second-order valence-corrected chi connectivity index (χ2v) is 5.08. The molecule has 0 saturated heterocycles. The van der Waals surface area contributed by atoms with Gasteiger partial charge in [-0.3, -0.25) is 4.79 Å². The fraction of sp³-hybridized carbons (Fsp3) is 0.588. The highest BCUT2D eigenvalue weighted by atomic mass is 16.5. The summed E-state index contributed by atoms with van der Waals surface area (Å²) in [6.07, 6.45) is 6.54. The quantitative estimate of drug-likeness (QED) is 0.650. The lowest BCUT2D eigenvalue weighted by Gasteiger charge is -2.08. The van der Waals surface area contributed by atoms with Gasteiger partial charge in [-0.2, -0.15) is 0 Å². The molecule has 0 aromatic heterocycles. The lowest BCUT2D eigenvalue weighted by Crippen LogP contribution is -2.01. The number of hydrogen-bond donors (Lipinski definition) is 1. The van der Waals surface area contributed by atoms with E-state index in [4.69, 9.17) is 4.74 Å². The molecule has 3 heteroatoms. The highest BCUT2D eigenvalue weighted by Gasteiger charge is 2.06. The molecule has 1 rings (SSSR count). The van der Waals surface area contributed by atoms with Crippen LogP contribution in [0.1, 0.15) is 57.9 Å². The number of hydrogen-bond acceptors (Lipinski definition) is 3. The van der Waals surface area contributed by atoms with E-state index >= 15 is 0 Å². The molecule has 0 radical (unpaired) electrons. The van der Waals surface area contributed by atoms with E-state index in [2.05, 4.69) is 6.92 Å². The van der Waals surface area contributed by atoms with Crippen molar-refractivity contribution in [1.29, 1.82) is 0 Å². The number of ether oxygens (including phenoxy) is 1. The minimum atomic E-state index is 0.154. The number of rotatable bonds is 10. The van der Waals surface area contributed by atoms with Crippen LogP contribution < -0.4 is 4.74 Å². The van der Waals surface area contributed by atoms with E-state index in [-0.39, 0.29) is 5.75 Å². The Kier molecular flexibility index (Phi) is 7.78. The fourth-order valence-electron chi connectivity index (χ4n) is 2.14. The minimum Gasteiger partial charge on any atom is -0.504 e. The molecule has 112 valence electrons. The first-order valence-corrected chi connectivity index (χ1v) is 7.63. The molecule has 0 bridgehead atoms. The Balaban J connectivity index is 2.37. The summed E-state index contributed by atoms with van der Waals surface area (Å²) >= 11 is 0. The van der Waals surface area contributed by atoms with Gasteiger partial charge in [0.05, 0.1) is 6.61 Å². The molecule has 0 aliphatic rings. The number of Topliss-reactive ketones (excluding diaryl/α,β-unsaturated/α-hetero) is 1. The summed E-state index contributed by atoms with van der Waals surface area (Å²) in [7, 11) is 0. The maximum atomic E-state index is 11.8. The topological polar surface area (TPSA) is 46.5 Å². The summed E-state index contributed by atoms with van der Waals surface area (Å²) in [5.41, 5.74) is 1.04. The highest BCUT2D eigenvalue weighted by molar-refractivity contribution is 5.78. The van der Waals surface area contributed by atoms with E-state index < -0.39 is 0 Å². The van der Waals surface area contributed by atoms with Gasteiger partial charge in [0, 0.05) is 12.8 Å². The van der Waals surface area contributed by atoms with Crippen LogP contribution in [0.4, 0.5) is 0 Å². The summed E-state index contributed by atoms with van der Waals surface area (Å²) < 4.78 is 5.34. The zero-order valence-corrected chi connectivity index (χ0v) is 12.7. The molecule has 0 unspecified atom stereocenters. The third-order valence-electron chi connectivity index (χ3n) is 3.33. The number of aromatic hydroxyl groups is 1. The average molecular weight is 278 g/mol. The van der Waals surface area contributed by atoms with Crippen molar-refractivity contribution in [2.75, 3.05) is 6.61 Å². The summed E-state index contributed by atoms with van der Waals surface area (Å²) in [6, 6.07) is 5.30. The molecule has 0 heterocycles. The zero-order chi connectivity index (χ0) is 14.8. The van der Waals surface area contributed by atoms with Crippen LogP contribution in [0.5, 0.6) is 11.5 Å². The Morgan fingerprint density at radius 3 is 2.65 bits per heavy atom. The fourth-order valence-corrected chi connectivity index (χ4v) is 2.14. The second kappa shape index (κ2) is 9.40. The standard InChI is InChI=1S/C17H26O3/c1-3-5-6-7-8-15(18)11-9-14-10-12-16(19)17(13-14)20-4-2/h10,12-13,19H,3-9,11H2,1-2H3. The Labute approximate surface area is 122 Å². The van der Waals surface area contributed by atoms with E-state index in [0.717, 1.165) is 18.4 Å². The number of aryl methyl sites for hydroxylation is 1. The van der Waals surface area contributed by atoms with Crippen LogP contribution in [0, 0.1) is 0 Å². The monoisotopic (exact) mass is 278 g/mol. The lowest BCUT2D eigenvalue weighted by atomic mass is 10.0. The van der Waals surface area contributed by atoms with E-state index in [1.807, 2.05) is 19.1 Å². The van der Waals surface area contributed by atoms with Crippen LogP contribution in [0.25, 0.3) is 0 Å². The number of phenolic OH excluding ortho intramolecular Hbond substituents is 1. The summed E-state index contributed by atoms with van der Waals surface area (Å²) in [5, 5.41) is 9.62. The molecule has 0 spiro atoms. The minimum absolute atomic E-state index is 0.154. The Bertz CT molecular complexity index is 413. The molecule has 1 N–H and O–H groups in total. The van der Waals surface area contributed by atoms with Gasteiger partial charge in [0.2, 0.25) is 0 Å². The van der Waals surface area contributed by atoms with E-state index in [9.17, 15) is 9.90 Å². The predicted molar refractivity (Wildman–Crippen MR) is 81.4 cm³/mol. The van der Waals surface area contributed by atoms with Gasteiger partial charge < -0.3 is 9.84 Å². The van der Waals surface area contributed by atoms with Crippen molar-refractivity contribution in [1.82, 2.24) is 0 Å². The molecular formula is C17H26O3. The Hall–Kier alpha value is -1.51. The van der Waals surface area contributed by atoms with Crippen LogP contribution in [-0.2, 0) is 11.2 Å². The molecule has 0 aliphatic carbocycles. The van der Waals surface area contributed by atoms with E-state index in [0.29, 0.717) is 37.4 Å². The van der Waals surface area contributed by atoms with Crippen molar-refractivity contribution in [3.8, 4) is 11.5 Å². The highest BCUT2D eigenvalue weighted by Crippen LogP contribution is 2.27. The number of ketones is 1. The molecule has 0 fully saturated rings. The van der Waals surface area contributed by atoms with E-state index in [1.54, 1.807) is 6.07 Å². The number of carbonyl (C=O) groups is 1. The van der Waals surface area contributed by atoms with Gasteiger partial charge in [-0.1, -0.05) is 32.3 Å². The van der Waals surface area contributed by atoms with Crippen molar-refractivity contribution >= 4 is 5.78 Å².